The molecule has 0 amide bonds. The Bertz CT molecular complexity index is 826. The predicted octanol–water partition coefficient (Wildman–Crippen LogP) is 2.64. The number of carboxylic acids is 1. The number of nitrogens with zero attached hydrogens (tertiary/aromatic N) is 3. The van der Waals surface area contributed by atoms with Gasteiger partial charge in [0, 0.05) is 32.7 Å². The Kier molecular flexibility index (Phi) is 5.87. The van der Waals surface area contributed by atoms with Crippen LogP contribution in [0.4, 0.5) is 4.39 Å². The summed E-state index contributed by atoms with van der Waals surface area (Å²) in [5.74, 6) is -0.430. The number of hydrogen-bond donors (Lipinski definition) is 1. The normalized spacial score (nSPS) is 23.5. The molecular formula is C22H28FN3O3. The first-order valence-electron chi connectivity index (χ1n) is 10.3. The van der Waals surface area contributed by atoms with Crippen molar-refractivity contribution in [1.29, 1.82) is 0 Å². The molecule has 4 rings (SSSR count). The number of rotatable bonds is 5. The maximum atomic E-state index is 13.9. The highest BCUT2D eigenvalue weighted by molar-refractivity contribution is 5.92. The zero-order valence-corrected chi connectivity index (χ0v) is 16.8. The first-order chi connectivity index (χ1) is 14.0. The van der Waals surface area contributed by atoms with Crippen LogP contribution in [0.5, 0.6) is 0 Å². The van der Waals surface area contributed by atoms with Crippen molar-refractivity contribution in [2.24, 2.45) is 0 Å². The number of hydrogen-bond acceptors (Lipinski definition) is 5. The number of likely N-dealkylation sites (tertiary alicyclic amines) is 1. The molecule has 0 radical (unpaired) electrons. The van der Waals surface area contributed by atoms with E-state index in [1.807, 2.05) is 19.1 Å². The smallest absolute Gasteiger partial charge is 0.339 e. The fourth-order valence-electron chi connectivity index (χ4n) is 4.52. The zero-order chi connectivity index (χ0) is 20.4. The lowest BCUT2D eigenvalue weighted by molar-refractivity contribution is -0.132. The number of aliphatic carboxylic acids is 1. The van der Waals surface area contributed by atoms with Crippen LogP contribution in [0.3, 0.4) is 0 Å². The van der Waals surface area contributed by atoms with Crippen LogP contribution in [0.25, 0.3) is 0 Å². The van der Waals surface area contributed by atoms with Gasteiger partial charge in [-0.05, 0) is 49.1 Å². The highest BCUT2D eigenvalue weighted by Crippen LogP contribution is 2.34. The number of carbonyl (C=O) groups is 1. The van der Waals surface area contributed by atoms with Crippen LogP contribution < -0.4 is 0 Å². The molecule has 2 fully saturated rings. The Labute approximate surface area is 170 Å². The van der Waals surface area contributed by atoms with Crippen LogP contribution in [0.2, 0.25) is 0 Å². The molecule has 0 saturated carbocycles. The molecule has 3 heterocycles. The second kappa shape index (κ2) is 8.55. The van der Waals surface area contributed by atoms with Crippen LogP contribution in [0, 0.1) is 5.82 Å². The van der Waals surface area contributed by atoms with Gasteiger partial charge in [-0.3, -0.25) is 4.90 Å². The summed E-state index contributed by atoms with van der Waals surface area (Å²) >= 11 is 0. The van der Waals surface area contributed by atoms with Crippen LogP contribution in [0.1, 0.15) is 25.3 Å². The van der Waals surface area contributed by atoms with E-state index >= 15 is 0 Å². The van der Waals surface area contributed by atoms with Gasteiger partial charge in [-0.15, -0.1) is 0 Å². The Morgan fingerprint density at radius 3 is 2.59 bits per heavy atom. The number of morpholine rings is 1. The Morgan fingerprint density at radius 1 is 1.21 bits per heavy atom. The monoisotopic (exact) mass is 401 g/mol. The summed E-state index contributed by atoms with van der Waals surface area (Å²) in [5, 5.41) is 10.0. The van der Waals surface area contributed by atoms with Gasteiger partial charge in [0.05, 0.1) is 13.2 Å². The van der Waals surface area contributed by atoms with Crippen molar-refractivity contribution in [1.82, 2.24) is 14.7 Å². The van der Waals surface area contributed by atoms with Gasteiger partial charge in [-0.25, -0.2) is 9.18 Å². The number of carboxylic acid groups (broad SMARTS) is 1. The molecule has 3 aliphatic rings. The average molecular weight is 401 g/mol. The molecule has 1 N–H and O–H groups in total. The first kappa shape index (κ1) is 19.9. The van der Waals surface area contributed by atoms with Crippen LogP contribution >= 0.6 is 0 Å². The Balaban J connectivity index is 1.78. The summed E-state index contributed by atoms with van der Waals surface area (Å²) in [5.41, 5.74) is 1.97. The van der Waals surface area contributed by atoms with Crippen molar-refractivity contribution in [3.8, 4) is 0 Å². The van der Waals surface area contributed by atoms with Gasteiger partial charge >= 0.3 is 5.97 Å². The Morgan fingerprint density at radius 2 is 1.93 bits per heavy atom. The third kappa shape index (κ3) is 4.16. The van der Waals surface area contributed by atoms with E-state index in [1.165, 1.54) is 12.1 Å². The molecule has 29 heavy (non-hydrogen) atoms. The SMILES string of the molecule is CC1=CC(N2CCOCC2)N(Cc2cccc(F)c2)C(N2CCCC2)=C1C(=O)O. The van der Waals surface area contributed by atoms with E-state index in [0.29, 0.717) is 25.3 Å². The first-order valence-corrected chi connectivity index (χ1v) is 10.3. The number of ether oxygens (including phenoxy) is 1. The van der Waals surface area contributed by atoms with E-state index < -0.39 is 5.97 Å². The molecule has 2 saturated heterocycles. The molecule has 0 bridgehead atoms. The molecular weight excluding hydrogens is 373 g/mol. The van der Waals surface area contributed by atoms with E-state index in [0.717, 1.165) is 56.0 Å². The van der Waals surface area contributed by atoms with Crippen molar-refractivity contribution in [2.75, 3.05) is 39.4 Å². The fourth-order valence-corrected chi connectivity index (χ4v) is 4.52. The molecule has 0 aromatic heterocycles. The predicted molar refractivity (Wildman–Crippen MR) is 107 cm³/mol. The summed E-state index contributed by atoms with van der Waals surface area (Å²) < 4.78 is 19.4. The fraction of sp³-hybridized carbons (Fsp3) is 0.500. The van der Waals surface area contributed by atoms with Crippen molar-refractivity contribution < 1.29 is 19.0 Å². The second-order valence-corrected chi connectivity index (χ2v) is 7.87. The van der Waals surface area contributed by atoms with Crippen molar-refractivity contribution in [3.05, 3.63) is 58.7 Å². The molecule has 0 aliphatic carbocycles. The molecule has 0 spiro atoms. The van der Waals surface area contributed by atoms with Gasteiger partial charge in [0.15, 0.2) is 0 Å². The van der Waals surface area contributed by atoms with E-state index in [-0.39, 0.29) is 12.0 Å². The van der Waals surface area contributed by atoms with Gasteiger partial charge < -0.3 is 19.6 Å². The lowest BCUT2D eigenvalue weighted by Gasteiger charge is -2.47. The topological polar surface area (TPSA) is 56.2 Å². The van der Waals surface area contributed by atoms with Gasteiger partial charge in [-0.1, -0.05) is 12.1 Å². The summed E-state index contributed by atoms with van der Waals surface area (Å²) in [6.45, 7) is 6.90. The van der Waals surface area contributed by atoms with Gasteiger partial charge in [0.2, 0.25) is 0 Å². The van der Waals surface area contributed by atoms with Crippen LogP contribution in [0.15, 0.2) is 47.3 Å². The second-order valence-electron chi connectivity index (χ2n) is 7.87. The van der Waals surface area contributed by atoms with E-state index in [9.17, 15) is 14.3 Å². The summed E-state index contributed by atoms with van der Waals surface area (Å²) in [6, 6.07) is 6.57. The minimum Gasteiger partial charge on any atom is -0.478 e. The van der Waals surface area contributed by atoms with E-state index in [1.54, 1.807) is 6.07 Å². The average Bonchev–Trinajstić information content (AvgIpc) is 3.23. The maximum absolute atomic E-state index is 13.9. The third-order valence-corrected chi connectivity index (χ3v) is 5.89. The highest BCUT2D eigenvalue weighted by atomic mass is 19.1. The zero-order valence-electron chi connectivity index (χ0n) is 16.8. The van der Waals surface area contributed by atoms with E-state index in [2.05, 4.69) is 14.7 Å². The molecule has 3 aliphatic heterocycles. The van der Waals surface area contributed by atoms with Crippen molar-refractivity contribution >= 4 is 5.97 Å². The minimum absolute atomic E-state index is 0.0825. The van der Waals surface area contributed by atoms with Gasteiger partial charge in [0.25, 0.3) is 0 Å². The molecule has 1 aromatic carbocycles. The number of benzene rings is 1. The summed E-state index contributed by atoms with van der Waals surface area (Å²) in [7, 11) is 0. The summed E-state index contributed by atoms with van der Waals surface area (Å²) in [4.78, 5) is 18.9. The van der Waals surface area contributed by atoms with Crippen molar-refractivity contribution in [3.63, 3.8) is 0 Å². The summed E-state index contributed by atoms with van der Waals surface area (Å²) in [6.07, 6.45) is 4.05. The van der Waals surface area contributed by atoms with Crippen molar-refractivity contribution in [2.45, 2.75) is 32.5 Å². The maximum Gasteiger partial charge on any atom is 0.339 e. The minimum atomic E-state index is -0.912. The van der Waals surface area contributed by atoms with E-state index in [4.69, 9.17) is 4.74 Å². The quantitative estimate of drug-likeness (QED) is 0.819. The lowest BCUT2D eigenvalue weighted by atomic mass is 9.99. The molecule has 7 heteroatoms. The van der Waals surface area contributed by atoms with Crippen LogP contribution in [-0.2, 0) is 16.1 Å². The highest BCUT2D eigenvalue weighted by Gasteiger charge is 2.37. The Hall–Kier alpha value is -2.38. The van der Waals surface area contributed by atoms with Crippen LogP contribution in [-0.4, -0.2) is 71.3 Å². The standard InChI is InChI=1S/C22H28FN3O3/c1-16-13-19(24-9-11-29-12-10-24)26(15-17-5-4-6-18(23)14-17)21(20(16)22(27)28)25-7-2-3-8-25/h4-6,13-14,19H,2-3,7-12,15H2,1H3,(H,27,28). The van der Waals surface area contributed by atoms with Gasteiger partial charge in [0.1, 0.15) is 23.4 Å². The third-order valence-electron chi connectivity index (χ3n) is 5.89. The molecule has 1 unspecified atom stereocenters. The molecule has 1 aromatic rings. The molecule has 156 valence electrons. The molecule has 1 atom stereocenters. The molecule has 6 nitrogen and oxygen atoms in total. The lowest BCUT2D eigenvalue weighted by Crippen LogP contribution is -2.54. The van der Waals surface area contributed by atoms with Gasteiger partial charge in [-0.2, -0.15) is 0 Å². The number of halogens is 1. The largest absolute Gasteiger partial charge is 0.478 e.